The van der Waals surface area contributed by atoms with Gasteiger partial charge in [-0.25, -0.2) is 0 Å². The van der Waals surface area contributed by atoms with E-state index in [1.165, 1.54) is 6.42 Å². The molecule has 0 spiro atoms. The van der Waals surface area contributed by atoms with Gasteiger partial charge in [0.05, 0.1) is 5.92 Å². The minimum atomic E-state index is -0.187. The predicted molar refractivity (Wildman–Crippen MR) is 86.7 cm³/mol. The second kappa shape index (κ2) is 6.11. The van der Waals surface area contributed by atoms with E-state index in [9.17, 15) is 9.59 Å². The van der Waals surface area contributed by atoms with E-state index in [1.807, 2.05) is 36.1 Å². The number of carbonyl (C=O) groups excluding carboxylic acids is 2. The van der Waals surface area contributed by atoms with Crippen LogP contribution in [0.4, 0.5) is 5.69 Å². The Labute approximate surface area is 132 Å². The molecule has 118 valence electrons. The minimum Gasteiger partial charge on any atom is -0.340 e. The maximum Gasteiger partial charge on any atom is 0.228 e. The van der Waals surface area contributed by atoms with E-state index >= 15 is 0 Å². The second-order valence-corrected chi connectivity index (χ2v) is 6.62. The number of carbonyl (C=O) groups is 2. The average molecular weight is 300 g/mol. The van der Waals surface area contributed by atoms with Gasteiger partial charge < -0.3 is 9.80 Å². The molecule has 0 bridgehead atoms. The van der Waals surface area contributed by atoms with Crippen LogP contribution in [0.2, 0.25) is 0 Å². The zero-order chi connectivity index (χ0) is 15.7. The Morgan fingerprint density at radius 1 is 1.27 bits per heavy atom. The zero-order valence-electron chi connectivity index (χ0n) is 13.4. The Morgan fingerprint density at radius 2 is 2.09 bits per heavy atom. The molecular formula is C18H24N2O2. The summed E-state index contributed by atoms with van der Waals surface area (Å²) in [5.41, 5.74) is 2.04. The largest absolute Gasteiger partial charge is 0.340 e. The lowest BCUT2D eigenvalue weighted by molar-refractivity contribution is -0.139. The summed E-state index contributed by atoms with van der Waals surface area (Å²) in [5, 5.41) is 0. The van der Waals surface area contributed by atoms with Crippen molar-refractivity contribution in [1.82, 2.24) is 4.90 Å². The molecule has 0 radical (unpaired) electrons. The van der Waals surface area contributed by atoms with Crippen molar-refractivity contribution >= 4 is 17.5 Å². The first-order valence-electron chi connectivity index (χ1n) is 8.24. The number of nitrogens with zero attached hydrogens (tertiary/aromatic N) is 2. The van der Waals surface area contributed by atoms with Gasteiger partial charge in [0.15, 0.2) is 0 Å². The summed E-state index contributed by atoms with van der Waals surface area (Å²) in [6.45, 7) is 5.49. The third-order valence-corrected chi connectivity index (χ3v) is 4.87. The molecule has 2 aliphatic heterocycles. The molecule has 4 nitrogen and oxygen atoms in total. The fraction of sp³-hybridized carbons (Fsp3) is 0.556. The summed E-state index contributed by atoms with van der Waals surface area (Å²) in [6, 6.07) is 8.24. The third-order valence-electron chi connectivity index (χ3n) is 4.87. The maximum atomic E-state index is 12.7. The molecule has 0 aliphatic carbocycles. The highest BCUT2D eigenvalue weighted by Gasteiger charge is 2.38. The lowest BCUT2D eigenvalue weighted by Crippen LogP contribution is -2.45. The van der Waals surface area contributed by atoms with Crippen LogP contribution in [0.25, 0.3) is 0 Å². The first kappa shape index (κ1) is 15.1. The molecule has 0 unspecified atom stereocenters. The van der Waals surface area contributed by atoms with Crippen molar-refractivity contribution < 1.29 is 9.59 Å². The highest BCUT2D eigenvalue weighted by molar-refractivity contribution is 6.00. The zero-order valence-corrected chi connectivity index (χ0v) is 13.4. The van der Waals surface area contributed by atoms with Crippen LogP contribution in [0.5, 0.6) is 0 Å². The molecule has 2 heterocycles. The predicted octanol–water partition coefficient (Wildman–Crippen LogP) is 2.75. The van der Waals surface area contributed by atoms with Gasteiger partial charge in [-0.15, -0.1) is 0 Å². The third kappa shape index (κ3) is 2.87. The van der Waals surface area contributed by atoms with Crippen molar-refractivity contribution in [3.8, 4) is 0 Å². The van der Waals surface area contributed by atoms with Crippen molar-refractivity contribution in [3.05, 3.63) is 29.8 Å². The summed E-state index contributed by atoms with van der Waals surface area (Å²) >= 11 is 0. The highest BCUT2D eigenvalue weighted by atomic mass is 16.2. The number of hydrogen-bond donors (Lipinski definition) is 0. The lowest BCUT2D eigenvalue weighted by Gasteiger charge is -2.35. The topological polar surface area (TPSA) is 40.6 Å². The fourth-order valence-electron chi connectivity index (χ4n) is 3.58. The molecule has 3 rings (SSSR count). The molecule has 2 aliphatic rings. The quantitative estimate of drug-likeness (QED) is 0.842. The van der Waals surface area contributed by atoms with Crippen LogP contribution in [-0.4, -0.2) is 35.8 Å². The van der Waals surface area contributed by atoms with Crippen LogP contribution in [-0.2, 0) is 9.59 Å². The van der Waals surface area contributed by atoms with Gasteiger partial charge in [0.25, 0.3) is 0 Å². The van der Waals surface area contributed by atoms with Gasteiger partial charge >= 0.3 is 0 Å². The lowest BCUT2D eigenvalue weighted by atomic mass is 9.99. The SMILES string of the molecule is Cc1cccc(N2C[C@H](C(=O)N3CCCC[C@@H]3C)CC2=O)c1. The molecule has 4 heteroatoms. The van der Waals surface area contributed by atoms with Gasteiger partial charge in [0, 0.05) is 31.2 Å². The van der Waals surface area contributed by atoms with E-state index in [4.69, 9.17) is 0 Å². The number of aryl methyl sites for hydroxylation is 1. The van der Waals surface area contributed by atoms with Gasteiger partial charge in [0.2, 0.25) is 11.8 Å². The smallest absolute Gasteiger partial charge is 0.228 e. The molecular weight excluding hydrogens is 276 g/mol. The first-order chi connectivity index (χ1) is 10.6. The summed E-state index contributed by atoms with van der Waals surface area (Å²) in [6.07, 6.45) is 3.70. The molecule has 0 N–H and O–H groups in total. The van der Waals surface area contributed by atoms with E-state index in [0.717, 1.165) is 30.6 Å². The molecule has 22 heavy (non-hydrogen) atoms. The van der Waals surface area contributed by atoms with E-state index in [2.05, 4.69) is 6.92 Å². The van der Waals surface area contributed by atoms with Crippen molar-refractivity contribution in [2.24, 2.45) is 5.92 Å². The van der Waals surface area contributed by atoms with E-state index < -0.39 is 0 Å². The molecule has 2 atom stereocenters. The number of hydrogen-bond acceptors (Lipinski definition) is 2. The van der Waals surface area contributed by atoms with Crippen LogP contribution in [0.15, 0.2) is 24.3 Å². The summed E-state index contributed by atoms with van der Waals surface area (Å²) in [7, 11) is 0. The second-order valence-electron chi connectivity index (χ2n) is 6.62. The first-order valence-corrected chi connectivity index (χ1v) is 8.24. The minimum absolute atomic E-state index is 0.0635. The molecule has 2 amide bonds. The van der Waals surface area contributed by atoms with Crippen LogP contribution in [0.1, 0.15) is 38.2 Å². The van der Waals surface area contributed by atoms with Crippen molar-refractivity contribution in [3.63, 3.8) is 0 Å². The molecule has 0 saturated carbocycles. The van der Waals surface area contributed by atoms with E-state index in [-0.39, 0.29) is 17.7 Å². The Kier molecular flexibility index (Phi) is 4.19. The van der Waals surface area contributed by atoms with Crippen LogP contribution in [0.3, 0.4) is 0 Å². The van der Waals surface area contributed by atoms with Crippen molar-refractivity contribution in [1.29, 1.82) is 0 Å². The fourth-order valence-corrected chi connectivity index (χ4v) is 3.58. The molecule has 1 aromatic carbocycles. The van der Waals surface area contributed by atoms with Gasteiger partial charge in [-0.2, -0.15) is 0 Å². The Bertz CT molecular complexity index is 584. The van der Waals surface area contributed by atoms with Crippen molar-refractivity contribution in [2.45, 2.75) is 45.6 Å². The van der Waals surface area contributed by atoms with Gasteiger partial charge in [-0.3, -0.25) is 9.59 Å². The number of likely N-dealkylation sites (tertiary alicyclic amines) is 1. The molecule has 2 fully saturated rings. The van der Waals surface area contributed by atoms with Crippen LogP contribution >= 0.6 is 0 Å². The monoisotopic (exact) mass is 300 g/mol. The number of anilines is 1. The maximum absolute atomic E-state index is 12.7. The Balaban J connectivity index is 1.72. The standard InChI is InChI=1S/C18H24N2O2/c1-13-6-5-8-16(10-13)20-12-15(11-17(20)21)18(22)19-9-4-3-7-14(19)2/h5-6,8,10,14-15H,3-4,7,9,11-12H2,1-2H3/t14-,15+/m0/s1. The molecule has 1 aromatic rings. The summed E-state index contributed by atoms with van der Waals surface area (Å²) < 4.78 is 0. The Morgan fingerprint density at radius 3 is 2.82 bits per heavy atom. The number of rotatable bonds is 2. The number of piperidine rings is 1. The normalized spacial score (nSPS) is 25.6. The highest BCUT2D eigenvalue weighted by Crippen LogP contribution is 2.28. The van der Waals surface area contributed by atoms with Gasteiger partial charge in [0.1, 0.15) is 0 Å². The number of benzene rings is 1. The average Bonchev–Trinajstić information content (AvgIpc) is 2.89. The number of amides is 2. The van der Waals surface area contributed by atoms with Gasteiger partial charge in [-0.1, -0.05) is 12.1 Å². The van der Waals surface area contributed by atoms with E-state index in [0.29, 0.717) is 19.0 Å². The summed E-state index contributed by atoms with van der Waals surface area (Å²) in [4.78, 5) is 28.8. The van der Waals surface area contributed by atoms with Crippen molar-refractivity contribution in [2.75, 3.05) is 18.0 Å². The van der Waals surface area contributed by atoms with Gasteiger partial charge in [-0.05, 0) is 50.8 Å². The van der Waals surface area contributed by atoms with Crippen LogP contribution in [0, 0.1) is 12.8 Å². The van der Waals surface area contributed by atoms with E-state index in [1.54, 1.807) is 4.90 Å². The van der Waals surface area contributed by atoms with Crippen LogP contribution < -0.4 is 4.90 Å². The molecule has 2 saturated heterocycles. The molecule has 0 aromatic heterocycles. The Hall–Kier alpha value is -1.84. The summed E-state index contributed by atoms with van der Waals surface area (Å²) in [5.74, 6) is 0.0397.